The van der Waals surface area contributed by atoms with Gasteiger partial charge in [-0.2, -0.15) is 5.10 Å². The number of anilines is 1. The van der Waals surface area contributed by atoms with Crippen LogP contribution in [0.1, 0.15) is 28.4 Å². The standard InChI is InChI=1S/C27H28N4O4/c1-4-35-23-15-12-21(25(32)17-23)18-28-30-27(34)24(29-26(33)20-8-6-5-7-9-20)16-19-10-13-22(14-11-19)31(2)3/h5-18,32H,4H2,1-3H3,(H,29,33)(H,30,34). The third-order valence-electron chi connectivity index (χ3n) is 4.93. The number of amides is 2. The van der Waals surface area contributed by atoms with Crippen molar-refractivity contribution in [3.8, 4) is 11.5 Å². The summed E-state index contributed by atoms with van der Waals surface area (Å²) in [6.07, 6.45) is 2.88. The van der Waals surface area contributed by atoms with E-state index in [1.165, 1.54) is 12.3 Å². The molecular weight excluding hydrogens is 444 g/mol. The van der Waals surface area contributed by atoms with Gasteiger partial charge in [0.05, 0.1) is 12.8 Å². The van der Waals surface area contributed by atoms with Crippen LogP contribution in [-0.4, -0.2) is 43.8 Å². The molecule has 8 nitrogen and oxygen atoms in total. The molecular formula is C27H28N4O4. The molecule has 3 N–H and O–H groups in total. The van der Waals surface area contributed by atoms with E-state index >= 15 is 0 Å². The second-order valence-electron chi connectivity index (χ2n) is 7.72. The fourth-order valence-electron chi connectivity index (χ4n) is 3.09. The molecule has 35 heavy (non-hydrogen) atoms. The van der Waals surface area contributed by atoms with Crippen LogP contribution in [-0.2, 0) is 4.79 Å². The maximum absolute atomic E-state index is 12.9. The van der Waals surface area contributed by atoms with Gasteiger partial charge in [0.25, 0.3) is 11.8 Å². The van der Waals surface area contributed by atoms with Crippen molar-refractivity contribution >= 4 is 29.8 Å². The minimum atomic E-state index is -0.618. The summed E-state index contributed by atoms with van der Waals surface area (Å²) in [6, 6.07) is 20.9. The van der Waals surface area contributed by atoms with Gasteiger partial charge in [-0.25, -0.2) is 5.43 Å². The van der Waals surface area contributed by atoms with Crippen LogP contribution in [0.3, 0.4) is 0 Å². The molecule has 180 valence electrons. The lowest BCUT2D eigenvalue weighted by molar-refractivity contribution is -0.117. The maximum atomic E-state index is 12.9. The lowest BCUT2D eigenvalue weighted by Gasteiger charge is -2.12. The molecule has 0 saturated heterocycles. The van der Waals surface area contributed by atoms with Gasteiger partial charge in [0.1, 0.15) is 17.2 Å². The van der Waals surface area contributed by atoms with E-state index in [4.69, 9.17) is 4.74 Å². The first-order valence-corrected chi connectivity index (χ1v) is 11.0. The summed E-state index contributed by atoms with van der Waals surface area (Å²) in [7, 11) is 3.87. The molecule has 0 aromatic heterocycles. The first-order valence-electron chi connectivity index (χ1n) is 11.0. The van der Waals surface area contributed by atoms with Crippen LogP contribution >= 0.6 is 0 Å². The lowest BCUT2D eigenvalue weighted by atomic mass is 10.1. The fourth-order valence-corrected chi connectivity index (χ4v) is 3.09. The van der Waals surface area contributed by atoms with Gasteiger partial charge in [-0.3, -0.25) is 9.59 Å². The van der Waals surface area contributed by atoms with Crippen LogP contribution in [0.5, 0.6) is 11.5 Å². The number of carbonyl (C=O) groups excluding carboxylic acids is 2. The van der Waals surface area contributed by atoms with Crippen LogP contribution in [0.25, 0.3) is 6.08 Å². The molecule has 3 aromatic carbocycles. The molecule has 0 atom stereocenters. The topological polar surface area (TPSA) is 103 Å². The molecule has 0 heterocycles. The lowest BCUT2D eigenvalue weighted by Crippen LogP contribution is -2.32. The Morgan fingerprint density at radius 1 is 1.03 bits per heavy atom. The Labute approximate surface area is 204 Å². The average molecular weight is 473 g/mol. The maximum Gasteiger partial charge on any atom is 0.287 e. The molecule has 3 aromatic rings. The summed E-state index contributed by atoms with van der Waals surface area (Å²) in [5.41, 5.74) is 4.95. The average Bonchev–Trinajstić information content (AvgIpc) is 2.86. The van der Waals surface area contributed by atoms with E-state index in [9.17, 15) is 14.7 Å². The van der Waals surface area contributed by atoms with Gasteiger partial charge in [0.15, 0.2) is 0 Å². The van der Waals surface area contributed by atoms with Crippen molar-refractivity contribution < 1.29 is 19.4 Å². The highest BCUT2D eigenvalue weighted by Gasteiger charge is 2.14. The number of carbonyl (C=O) groups is 2. The number of phenolic OH excluding ortho intramolecular Hbond substituents is 1. The Bertz CT molecular complexity index is 1220. The van der Waals surface area contributed by atoms with Gasteiger partial charge in [-0.1, -0.05) is 30.3 Å². The van der Waals surface area contributed by atoms with Crippen molar-refractivity contribution in [2.45, 2.75) is 6.92 Å². The zero-order chi connectivity index (χ0) is 25.2. The van der Waals surface area contributed by atoms with E-state index in [-0.39, 0.29) is 11.4 Å². The Hall–Kier alpha value is -4.59. The number of nitrogens with one attached hydrogen (secondary N) is 2. The zero-order valence-electron chi connectivity index (χ0n) is 19.9. The highest BCUT2D eigenvalue weighted by atomic mass is 16.5. The van der Waals surface area contributed by atoms with E-state index < -0.39 is 11.8 Å². The number of aromatic hydroxyl groups is 1. The van der Waals surface area contributed by atoms with Crippen molar-refractivity contribution in [3.63, 3.8) is 0 Å². The van der Waals surface area contributed by atoms with E-state index in [2.05, 4.69) is 15.8 Å². The predicted molar refractivity (Wildman–Crippen MR) is 138 cm³/mol. The Kier molecular flexibility index (Phi) is 8.61. The fraction of sp³-hybridized carbons (Fsp3) is 0.148. The van der Waals surface area contributed by atoms with Crippen molar-refractivity contribution in [2.75, 3.05) is 25.6 Å². The number of ether oxygens (including phenoxy) is 1. The summed E-state index contributed by atoms with van der Waals surface area (Å²) in [5.74, 6) is -0.555. The molecule has 0 aliphatic rings. The molecule has 2 amide bonds. The second kappa shape index (κ2) is 12.0. The predicted octanol–water partition coefficient (Wildman–Crippen LogP) is 3.78. The third-order valence-corrected chi connectivity index (χ3v) is 4.93. The number of rotatable bonds is 9. The van der Waals surface area contributed by atoms with Crippen molar-refractivity contribution in [1.29, 1.82) is 0 Å². The summed E-state index contributed by atoms with van der Waals surface area (Å²) < 4.78 is 5.34. The van der Waals surface area contributed by atoms with Gasteiger partial charge in [0.2, 0.25) is 0 Å². The Balaban J connectivity index is 1.80. The van der Waals surface area contributed by atoms with Crippen LogP contribution in [0.4, 0.5) is 5.69 Å². The number of hydrazone groups is 1. The summed E-state index contributed by atoms with van der Waals surface area (Å²) >= 11 is 0. The van der Waals surface area contributed by atoms with Gasteiger partial charge in [-0.15, -0.1) is 0 Å². The number of nitrogens with zero attached hydrogens (tertiary/aromatic N) is 2. The molecule has 8 heteroatoms. The Morgan fingerprint density at radius 2 is 1.74 bits per heavy atom. The molecule has 0 fully saturated rings. The summed E-state index contributed by atoms with van der Waals surface area (Å²) in [4.78, 5) is 27.6. The molecule has 0 unspecified atom stereocenters. The third kappa shape index (κ3) is 7.20. The van der Waals surface area contributed by atoms with Crippen LogP contribution in [0.2, 0.25) is 0 Å². The zero-order valence-corrected chi connectivity index (χ0v) is 19.9. The van der Waals surface area contributed by atoms with Gasteiger partial charge in [0, 0.05) is 37.0 Å². The second-order valence-corrected chi connectivity index (χ2v) is 7.72. The Morgan fingerprint density at radius 3 is 2.37 bits per heavy atom. The SMILES string of the molecule is CCOc1ccc(C=NNC(=O)C(=Cc2ccc(N(C)C)cc2)NC(=O)c2ccccc2)c(O)c1. The highest BCUT2D eigenvalue weighted by Crippen LogP contribution is 2.22. The van der Waals surface area contributed by atoms with Crippen molar-refractivity contribution in [3.05, 3.63) is 95.2 Å². The molecule has 0 radical (unpaired) electrons. The molecule has 0 spiro atoms. The first-order chi connectivity index (χ1) is 16.9. The van der Waals surface area contributed by atoms with Crippen molar-refractivity contribution in [2.24, 2.45) is 5.10 Å². The highest BCUT2D eigenvalue weighted by molar-refractivity contribution is 6.05. The van der Waals surface area contributed by atoms with Crippen molar-refractivity contribution in [1.82, 2.24) is 10.7 Å². The van der Waals surface area contributed by atoms with Gasteiger partial charge in [-0.05, 0) is 55.0 Å². The molecule has 0 aliphatic carbocycles. The number of benzene rings is 3. The van der Waals surface area contributed by atoms with E-state index in [0.29, 0.717) is 23.5 Å². The summed E-state index contributed by atoms with van der Waals surface area (Å²) in [6.45, 7) is 2.32. The number of phenols is 1. The number of hydrogen-bond acceptors (Lipinski definition) is 6. The number of hydrogen-bond donors (Lipinski definition) is 3. The van der Waals surface area contributed by atoms with E-state index in [1.807, 2.05) is 50.2 Å². The quantitative estimate of drug-likeness (QED) is 0.250. The minimum absolute atomic E-state index is 0.0181. The first kappa shape index (κ1) is 25.0. The minimum Gasteiger partial charge on any atom is -0.507 e. The molecule has 0 saturated carbocycles. The van der Waals surface area contributed by atoms with E-state index in [0.717, 1.165) is 11.3 Å². The summed E-state index contributed by atoms with van der Waals surface area (Å²) in [5, 5.41) is 16.7. The van der Waals surface area contributed by atoms with E-state index in [1.54, 1.807) is 48.5 Å². The van der Waals surface area contributed by atoms with Gasteiger partial charge < -0.3 is 20.1 Å². The molecule has 0 bridgehead atoms. The van der Waals surface area contributed by atoms with Crippen LogP contribution in [0, 0.1) is 0 Å². The van der Waals surface area contributed by atoms with Gasteiger partial charge >= 0.3 is 0 Å². The molecule has 3 rings (SSSR count). The normalized spacial score (nSPS) is 11.2. The smallest absolute Gasteiger partial charge is 0.287 e. The largest absolute Gasteiger partial charge is 0.507 e. The van der Waals surface area contributed by atoms with Crippen LogP contribution in [0.15, 0.2) is 83.6 Å². The monoisotopic (exact) mass is 472 g/mol. The molecule has 0 aliphatic heterocycles. The van der Waals surface area contributed by atoms with Crippen LogP contribution < -0.4 is 20.4 Å².